The zero-order valence-electron chi connectivity index (χ0n) is 16.7. The van der Waals surface area contributed by atoms with Gasteiger partial charge in [0.25, 0.3) is 0 Å². The predicted octanol–water partition coefficient (Wildman–Crippen LogP) is 3.60. The van der Waals surface area contributed by atoms with E-state index in [0.29, 0.717) is 24.4 Å². The predicted molar refractivity (Wildman–Crippen MR) is 102 cm³/mol. The highest BCUT2D eigenvalue weighted by Crippen LogP contribution is 2.69. The molecule has 2 N–H and O–H groups in total. The molecule has 1 unspecified atom stereocenters. The van der Waals surface area contributed by atoms with Crippen molar-refractivity contribution in [3.63, 3.8) is 0 Å². The molecule has 27 heavy (non-hydrogen) atoms. The molecule has 1 heterocycles. The van der Waals surface area contributed by atoms with Crippen LogP contribution < -0.4 is 0 Å². The second kappa shape index (κ2) is 5.82. The maximum absolute atomic E-state index is 12.1. The first-order chi connectivity index (χ1) is 12.8. The molecule has 0 radical (unpaired) electrons. The minimum Gasteiger partial charge on any atom is -0.458 e. The van der Waals surface area contributed by atoms with Crippen LogP contribution >= 0.6 is 0 Å². The van der Waals surface area contributed by atoms with Crippen molar-refractivity contribution >= 4 is 5.97 Å². The van der Waals surface area contributed by atoms with Gasteiger partial charge < -0.3 is 14.9 Å². The zero-order chi connectivity index (χ0) is 19.0. The van der Waals surface area contributed by atoms with Crippen molar-refractivity contribution in [3.05, 3.63) is 11.6 Å². The Kier molecular flexibility index (Phi) is 3.92. The van der Waals surface area contributed by atoms with Crippen LogP contribution in [0.25, 0.3) is 0 Å². The molecule has 0 aromatic rings. The lowest BCUT2D eigenvalue weighted by atomic mass is 9.43. The number of hydrogen-bond acceptors (Lipinski definition) is 4. The van der Waals surface area contributed by atoms with Gasteiger partial charge in [0.1, 0.15) is 6.61 Å². The first-order valence-electron chi connectivity index (χ1n) is 11.1. The topological polar surface area (TPSA) is 66.8 Å². The summed E-state index contributed by atoms with van der Waals surface area (Å²) in [6.07, 6.45) is 10.8. The molecule has 8 atom stereocenters. The molecule has 0 aromatic heterocycles. The lowest BCUT2D eigenvalue weighted by molar-refractivity contribution is -0.208. The highest BCUT2D eigenvalue weighted by atomic mass is 16.5. The van der Waals surface area contributed by atoms with E-state index in [1.807, 2.05) is 0 Å². The van der Waals surface area contributed by atoms with E-state index in [4.69, 9.17) is 4.74 Å². The maximum atomic E-state index is 12.1. The molecule has 5 rings (SSSR count). The van der Waals surface area contributed by atoms with Gasteiger partial charge in [0.05, 0.1) is 11.7 Å². The number of cyclic esters (lactones) is 1. The van der Waals surface area contributed by atoms with Crippen molar-refractivity contribution in [2.45, 2.75) is 83.3 Å². The number of esters is 1. The van der Waals surface area contributed by atoms with Gasteiger partial charge in [-0.05, 0) is 92.4 Å². The summed E-state index contributed by atoms with van der Waals surface area (Å²) in [7, 11) is 0. The minimum atomic E-state index is -0.628. The summed E-state index contributed by atoms with van der Waals surface area (Å²) in [5.41, 5.74) is 0.600. The van der Waals surface area contributed by atoms with Crippen LogP contribution in [0.5, 0.6) is 0 Å². The molecule has 0 aromatic carbocycles. The Morgan fingerprint density at radius 1 is 1.04 bits per heavy atom. The number of fused-ring (bicyclic) bond motifs is 5. The third kappa shape index (κ3) is 2.32. The fourth-order valence-corrected chi connectivity index (χ4v) is 8.39. The molecular weight excluding hydrogens is 340 g/mol. The Morgan fingerprint density at radius 3 is 2.59 bits per heavy atom. The number of carbonyl (C=O) groups is 1. The van der Waals surface area contributed by atoms with Crippen molar-refractivity contribution in [1.29, 1.82) is 0 Å². The lowest BCUT2D eigenvalue weighted by Gasteiger charge is -2.63. The molecule has 0 bridgehead atoms. The monoisotopic (exact) mass is 374 g/mol. The summed E-state index contributed by atoms with van der Waals surface area (Å²) in [6, 6.07) is 0. The number of rotatable bonds is 1. The Morgan fingerprint density at radius 2 is 1.85 bits per heavy atom. The number of aliphatic hydroxyl groups is 2. The standard InChI is InChI=1S/C23H34O4/c1-21-8-5-16(24)12-15(21)3-4-19-18(21)6-9-22(2)17(7-10-23(19,22)26)14-11-20(25)27-13-14/h11,15-19,24,26H,3-10,12-13H2,1-2H3/t15-,16-,17+,18+,19-,21+,22-,23?/m1/s1. The van der Waals surface area contributed by atoms with E-state index in [1.54, 1.807) is 6.08 Å². The van der Waals surface area contributed by atoms with Crippen molar-refractivity contribution in [3.8, 4) is 0 Å². The number of aliphatic hydroxyl groups excluding tert-OH is 1. The molecule has 5 aliphatic rings. The van der Waals surface area contributed by atoms with Crippen molar-refractivity contribution in [2.24, 2.45) is 34.5 Å². The minimum absolute atomic E-state index is 0.126. The van der Waals surface area contributed by atoms with Gasteiger partial charge in [0.2, 0.25) is 0 Å². The molecule has 4 nitrogen and oxygen atoms in total. The normalized spacial score (nSPS) is 54.6. The molecule has 4 saturated carbocycles. The van der Waals surface area contributed by atoms with Crippen molar-refractivity contribution in [1.82, 2.24) is 0 Å². The smallest absolute Gasteiger partial charge is 0.331 e. The summed E-state index contributed by atoms with van der Waals surface area (Å²) in [4.78, 5) is 11.6. The molecule has 0 saturated heterocycles. The van der Waals surface area contributed by atoms with Gasteiger partial charge >= 0.3 is 5.97 Å². The van der Waals surface area contributed by atoms with Gasteiger partial charge in [-0.25, -0.2) is 4.79 Å². The maximum Gasteiger partial charge on any atom is 0.331 e. The van der Waals surface area contributed by atoms with Crippen LogP contribution in [-0.4, -0.2) is 34.5 Å². The van der Waals surface area contributed by atoms with Crippen molar-refractivity contribution < 1.29 is 19.7 Å². The molecule has 4 fully saturated rings. The van der Waals surface area contributed by atoms with Crippen LogP contribution in [0.4, 0.5) is 0 Å². The van der Waals surface area contributed by atoms with Crippen molar-refractivity contribution in [2.75, 3.05) is 6.61 Å². The van der Waals surface area contributed by atoms with E-state index in [9.17, 15) is 15.0 Å². The Bertz CT molecular complexity index is 686. The average Bonchev–Trinajstić information content (AvgIpc) is 3.16. The summed E-state index contributed by atoms with van der Waals surface area (Å²) < 4.78 is 5.20. The van der Waals surface area contributed by atoms with E-state index in [-0.39, 0.29) is 28.8 Å². The molecular formula is C23H34O4. The second-order valence-electron chi connectivity index (χ2n) is 10.7. The average molecular weight is 375 g/mol. The summed E-state index contributed by atoms with van der Waals surface area (Å²) >= 11 is 0. The quantitative estimate of drug-likeness (QED) is 0.688. The zero-order valence-corrected chi connectivity index (χ0v) is 16.7. The molecule has 1 aliphatic heterocycles. The highest BCUT2D eigenvalue weighted by molar-refractivity contribution is 5.85. The third-order valence-corrected chi connectivity index (χ3v) is 9.96. The number of carbonyl (C=O) groups excluding carboxylic acids is 1. The summed E-state index contributed by atoms with van der Waals surface area (Å²) in [5, 5.41) is 22.3. The van der Waals surface area contributed by atoms with Gasteiger partial charge in [-0.1, -0.05) is 13.8 Å². The van der Waals surface area contributed by atoms with E-state index in [1.165, 1.54) is 6.42 Å². The molecule has 0 spiro atoms. The molecule has 4 aliphatic carbocycles. The molecule has 0 amide bonds. The highest BCUT2D eigenvalue weighted by Gasteiger charge is 2.67. The van der Waals surface area contributed by atoms with Crippen LogP contribution in [0.1, 0.15) is 71.6 Å². The second-order valence-corrected chi connectivity index (χ2v) is 10.7. The first-order valence-corrected chi connectivity index (χ1v) is 11.1. The van der Waals surface area contributed by atoms with Gasteiger partial charge in [0.15, 0.2) is 0 Å². The largest absolute Gasteiger partial charge is 0.458 e. The van der Waals surface area contributed by atoms with E-state index >= 15 is 0 Å². The Hall–Kier alpha value is -0.870. The lowest BCUT2D eigenvalue weighted by Crippen LogP contribution is -2.62. The fraction of sp³-hybridized carbons (Fsp3) is 0.870. The number of ether oxygens (including phenoxy) is 1. The van der Waals surface area contributed by atoms with Gasteiger partial charge in [-0.2, -0.15) is 0 Å². The Labute approximate surface area is 162 Å². The SMILES string of the molecule is C[C@]12CC[C@@H](O)C[C@H]1CC[C@@H]1[C@@H]2CC[C@]2(C)[C@H](C3=CC(=O)OC3)CCC12O. The van der Waals surface area contributed by atoms with Crippen LogP contribution in [0.2, 0.25) is 0 Å². The van der Waals surface area contributed by atoms with E-state index < -0.39 is 5.60 Å². The Balaban J connectivity index is 1.47. The third-order valence-electron chi connectivity index (χ3n) is 9.96. The van der Waals surface area contributed by atoms with Crippen LogP contribution in [-0.2, 0) is 9.53 Å². The molecule has 150 valence electrons. The first kappa shape index (κ1) is 18.2. The summed E-state index contributed by atoms with van der Waals surface area (Å²) in [5.74, 6) is 1.59. The number of hydrogen-bond donors (Lipinski definition) is 2. The molecule has 4 heteroatoms. The van der Waals surface area contributed by atoms with Crippen LogP contribution in [0.15, 0.2) is 11.6 Å². The fourth-order valence-electron chi connectivity index (χ4n) is 8.39. The van der Waals surface area contributed by atoms with Gasteiger partial charge in [-0.3, -0.25) is 0 Å². The van der Waals surface area contributed by atoms with E-state index in [2.05, 4.69) is 13.8 Å². The van der Waals surface area contributed by atoms with Gasteiger partial charge in [0, 0.05) is 11.5 Å². The van der Waals surface area contributed by atoms with Gasteiger partial charge in [-0.15, -0.1) is 0 Å². The summed E-state index contributed by atoms with van der Waals surface area (Å²) in [6.45, 7) is 5.15. The van der Waals surface area contributed by atoms with Crippen LogP contribution in [0, 0.1) is 34.5 Å². The van der Waals surface area contributed by atoms with E-state index in [0.717, 1.165) is 56.9 Å². The van der Waals surface area contributed by atoms with Crippen LogP contribution in [0.3, 0.4) is 0 Å².